The molecule has 0 bridgehead atoms. The molecule has 6 nitrogen and oxygen atoms in total. The molecule has 0 unspecified atom stereocenters. The Bertz CT molecular complexity index is 1070. The molecule has 182 valence electrons. The van der Waals surface area contributed by atoms with Crippen LogP contribution in [0.15, 0.2) is 47.4 Å². The van der Waals surface area contributed by atoms with Gasteiger partial charge in [0.2, 0.25) is 5.91 Å². The summed E-state index contributed by atoms with van der Waals surface area (Å²) in [5.74, 6) is 1.41. The van der Waals surface area contributed by atoms with Crippen LogP contribution in [-0.4, -0.2) is 68.0 Å². The van der Waals surface area contributed by atoms with Crippen molar-refractivity contribution in [3.05, 3.63) is 48.3 Å². The fourth-order valence-corrected chi connectivity index (χ4v) is 5.66. The van der Waals surface area contributed by atoms with Crippen LogP contribution < -0.4 is 9.64 Å². The van der Waals surface area contributed by atoms with Gasteiger partial charge in [0.15, 0.2) is 5.13 Å². The zero-order valence-corrected chi connectivity index (χ0v) is 21.0. The van der Waals surface area contributed by atoms with E-state index in [2.05, 4.69) is 4.90 Å². The normalized spacial score (nSPS) is 14.4. The van der Waals surface area contributed by atoms with Gasteiger partial charge in [-0.15, -0.1) is 11.8 Å². The maximum absolute atomic E-state index is 13.3. The molecule has 1 amide bonds. The summed E-state index contributed by atoms with van der Waals surface area (Å²) < 4.78 is 24.9. The van der Waals surface area contributed by atoms with Gasteiger partial charge in [-0.2, -0.15) is 0 Å². The van der Waals surface area contributed by atoms with Crippen LogP contribution in [0.2, 0.25) is 0 Å². The number of hydrogen-bond acceptors (Lipinski definition) is 7. The molecule has 34 heavy (non-hydrogen) atoms. The second-order valence-electron chi connectivity index (χ2n) is 8.09. The minimum absolute atomic E-state index is 0.0905. The van der Waals surface area contributed by atoms with E-state index in [0.717, 1.165) is 77.4 Å². The Morgan fingerprint density at radius 2 is 2.00 bits per heavy atom. The fraction of sp³-hybridized carbons (Fsp3) is 0.440. The Balaban J connectivity index is 1.38. The second kappa shape index (κ2) is 12.5. The van der Waals surface area contributed by atoms with Crippen LogP contribution in [-0.2, 0) is 9.53 Å². The van der Waals surface area contributed by atoms with Crippen LogP contribution in [0.1, 0.15) is 19.3 Å². The number of thioether (sulfide) groups is 1. The lowest BCUT2D eigenvalue weighted by Crippen LogP contribution is -2.39. The Labute approximate surface area is 208 Å². The number of anilines is 1. The van der Waals surface area contributed by atoms with Crippen molar-refractivity contribution in [1.29, 1.82) is 0 Å². The molecule has 1 aromatic heterocycles. The lowest BCUT2D eigenvalue weighted by atomic mass is 10.2. The van der Waals surface area contributed by atoms with Crippen LogP contribution >= 0.6 is 23.1 Å². The third-order valence-corrected chi connectivity index (χ3v) is 7.85. The smallest absolute Gasteiger partial charge is 0.228 e. The summed E-state index contributed by atoms with van der Waals surface area (Å²) in [4.78, 5) is 23.3. The van der Waals surface area contributed by atoms with Gasteiger partial charge in [-0.1, -0.05) is 11.3 Å². The molecule has 0 aliphatic carbocycles. The van der Waals surface area contributed by atoms with E-state index in [1.807, 2.05) is 23.1 Å². The number of amides is 1. The predicted octanol–water partition coefficient (Wildman–Crippen LogP) is 5.07. The molecule has 4 rings (SSSR count). The summed E-state index contributed by atoms with van der Waals surface area (Å²) in [7, 11) is 1.64. The summed E-state index contributed by atoms with van der Waals surface area (Å²) in [5.41, 5.74) is 0.845. The maximum atomic E-state index is 13.3. The fourth-order valence-electron chi connectivity index (χ4n) is 3.82. The van der Waals surface area contributed by atoms with E-state index < -0.39 is 0 Å². The number of morpholine rings is 1. The average Bonchev–Trinajstić information content (AvgIpc) is 3.29. The van der Waals surface area contributed by atoms with Crippen molar-refractivity contribution in [1.82, 2.24) is 9.88 Å². The summed E-state index contributed by atoms with van der Waals surface area (Å²) in [6.45, 7) is 5.00. The van der Waals surface area contributed by atoms with Crippen LogP contribution in [0.3, 0.4) is 0 Å². The second-order valence-corrected chi connectivity index (χ2v) is 10.3. The molecule has 0 N–H and O–H groups in total. The first-order chi connectivity index (χ1) is 16.6. The summed E-state index contributed by atoms with van der Waals surface area (Å²) >= 11 is 3.18. The minimum Gasteiger partial charge on any atom is -0.497 e. The minimum atomic E-state index is -0.235. The standard InChI is InChI=1S/C25H30FN3O3S2/c1-31-20-7-10-23-22(18-20)27-25(34-23)29(12-3-11-28-13-15-32-16-14-28)24(30)4-2-17-33-21-8-5-19(26)6-9-21/h5-10,18H,2-4,11-17H2,1H3. The third kappa shape index (κ3) is 6.91. The summed E-state index contributed by atoms with van der Waals surface area (Å²) in [6, 6.07) is 12.3. The SMILES string of the molecule is COc1ccc2sc(N(CCCN3CCOCC3)C(=O)CCCSc3ccc(F)cc3)nc2c1. The number of methoxy groups -OCH3 is 1. The van der Waals surface area contributed by atoms with Crippen molar-refractivity contribution in [2.45, 2.75) is 24.2 Å². The average molecular weight is 504 g/mol. The topological polar surface area (TPSA) is 54.9 Å². The number of hydrogen-bond donors (Lipinski definition) is 0. The summed E-state index contributed by atoms with van der Waals surface area (Å²) in [5, 5.41) is 0.737. The van der Waals surface area contributed by atoms with Gasteiger partial charge in [0, 0.05) is 43.6 Å². The number of fused-ring (bicyclic) bond motifs is 1. The molecule has 0 atom stereocenters. The molecular weight excluding hydrogens is 473 g/mol. The number of nitrogens with zero attached hydrogens (tertiary/aromatic N) is 3. The van der Waals surface area contributed by atoms with E-state index in [9.17, 15) is 9.18 Å². The van der Waals surface area contributed by atoms with E-state index in [0.29, 0.717) is 13.0 Å². The van der Waals surface area contributed by atoms with E-state index in [1.54, 1.807) is 42.3 Å². The zero-order valence-electron chi connectivity index (χ0n) is 19.4. The predicted molar refractivity (Wildman–Crippen MR) is 137 cm³/mol. The monoisotopic (exact) mass is 503 g/mol. The van der Waals surface area contributed by atoms with Crippen LogP contribution in [0.5, 0.6) is 5.75 Å². The highest BCUT2D eigenvalue weighted by atomic mass is 32.2. The van der Waals surface area contributed by atoms with Gasteiger partial charge in [-0.05, 0) is 55.0 Å². The number of ether oxygens (including phenoxy) is 2. The summed E-state index contributed by atoms with van der Waals surface area (Å²) in [6.07, 6.45) is 2.08. The van der Waals surface area contributed by atoms with E-state index in [-0.39, 0.29) is 11.7 Å². The number of rotatable bonds is 11. The molecule has 2 heterocycles. The molecule has 0 spiro atoms. The van der Waals surface area contributed by atoms with Gasteiger partial charge in [-0.25, -0.2) is 9.37 Å². The van der Waals surface area contributed by atoms with Gasteiger partial charge in [0.25, 0.3) is 0 Å². The van der Waals surface area contributed by atoms with Crippen LogP contribution in [0.4, 0.5) is 9.52 Å². The van der Waals surface area contributed by atoms with Gasteiger partial charge in [0.1, 0.15) is 11.6 Å². The Hall–Kier alpha value is -2.20. The molecule has 1 fully saturated rings. The van der Waals surface area contributed by atoms with Gasteiger partial charge in [0.05, 0.1) is 30.5 Å². The number of thiazole rings is 1. The first-order valence-corrected chi connectivity index (χ1v) is 13.4. The van der Waals surface area contributed by atoms with Crippen molar-refractivity contribution in [2.75, 3.05) is 57.2 Å². The van der Waals surface area contributed by atoms with E-state index in [4.69, 9.17) is 14.5 Å². The van der Waals surface area contributed by atoms with Crippen molar-refractivity contribution in [2.24, 2.45) is 0 Å². The number of carbonyl (C=O) groups excluding carboxylic acids is 1. The lowest BCUT2D eigenvalue weighted by molar-refractivity contribution is -0.118. The van der Waals surface area contributed by atoms with E-state index in [1.165, 1.54) is 12.1 Å². The lowest BCUT2D eigenvalue weighted by Gasteiger charge is -2.27. The molecule has 1 saturated heterocycles. The van der Waals surface area contributed by atoms with Gasteiger partial charge < -0.3 is 9.47 Å². The van der Waals surface area contributed by atoms with Crippen LogP contribution in [0.25, 0.3) is 10.2 Å². The van der Waals surface area contributed by atoms with Crippen molar-refractivity contribution >= 4 is 44.4 Å². The van der Waals surface area contributed by atoms with Crippen LogP contribution in [0, 0.1) is 5.82 Å². The first-order valence-electron chi connectivity index (χ1n) is 11.6. The van der Waals surface area contributed by atoms with Crippen molar-refractivity contribution < 1.29 is 18.7 Å². The molecule has 1 aliphatic heterocycles. The molecule has 1 aliphatic rings. The molecule has 9 heteroatoms. The number of aromatic nitrogens is 1. The van der Waals surface area contributed by atoms with Gasteiger partial charge >= 0.3 is 0 Å². The molecular formula is C25H30FN3O3S2. The zero-order chi connectivity index (χ0) is 23.8. The quantitative estimate of drug-likeness (QED) is 0.269. The Morgan fingerprint density at radius 1 is 1.21 bits per heavy atom. The molecule has 3 aromatic rings. The highest BCUT2D eigenvalue weighted by molar-refractivity contribution is 7.99. The molecule has 2 aromatic carbocycles. The number of carbonyl (C=O) groups is 1. The Morgan fingerprint density at radius 3 is 2.76 bits per heavy atom. The molecule has 0 saturated carbocycles. The maximum Gasteiger partial charge on any atom is 0.228 e. The third-order valence-electron chi connectivity index (χ3n) is 5.69. The number of halogens is 1. The first kappa shape index (κ1) is 24.9. The van der Waals surface area contributed by atoms with E-state index >= 15 is 0 Å². The van der Waals surface area contributed by atoms with Crippen molar-refractivity contribution in [3.63, 3.8) is 0 Å². The largest absolute Gasteiger partial charge is 0.497 e. The van der Waals surface area contributed by atoms with Gasteiger partial charge in [-0.3, -0.25) is 14.6 Å². The highest BCUT2D eigenvalue weighted by Crippen LogP contribution is 2.32. The number of benzene rings is 2. The Kier molecular flexibility index (Phi) is 9.15. The molecule has 0 radical (unpaired) electrons. The highest BCUT2D eigenvalue weighted by Gasteiger charge is 2.20. The van der Waals surface area contributed by atoms with Crippen molar-refractivity contribution in [3.8, 4) is 5.75 Å².